The molecule has 2 aromatic heterocycles. The molecule has 1 aliphatic carbocycles. The van der Waals surface area contributed by atoms with E-state index < -0.39 is 0 Å². The van der Waals surface area contributed by atoms with Crippen LogP contribution in [0.4, 0.5) is 5.82 Å². The van der Waals surface area contributed by atoms with Gasteiger partial charge in [-0.15, -0.1) is 0 Å². The predicted octanol–water partition coefficient (Wildman–Crippen LogP) is 3.42. The standard InChI is InChI=1S/C18H17N5/c1-2-5-13(6-3-1)18-21-11-14-15(7-4-8-16(14)23-18)22-17-12-19-9-10-20-17/h1-3,5-6,9-12,15H,4,7-8H2,(H,20,22). The number of fused-ring (bicyclic) bond motifs is 1. The monoisotopic (exact) mass is 303 g/mol. The Bertz CT molecular complexity index is 789. The lowest BCUT2D eigenvalue weighted by Gasteiger charge is -2.25. The number of hydrogen-bond donors (Lipinski definition) is 1. The molecule has 5 nitrogen and oxygen atoms in total. The molecule has 5 heteroatoms. The van der Waals surface area contributed by atoms with Crippen molar-refractivity contribution >= 4 is 5.82 Å². The number of nitrogens with one attached hydrogen (secondary N) is 1. The summed E-state index contributed by atoms with van der Waals surface area (Å²) in [6, 6.07) is 10.3. The highest BCUT2D eigenvalue weighted by atomic mass is 15.0. The second kappa shape index (κ2) is 6.12. The molecule has 0 radical (unpaired) electrons. The van der Waals surface area contributed by atoms with Crippen molar-refractivity contribution in [1.82, 2.24) is 19.9 Å². The Morgan fingerprint density at radius 3 is 2.74 bits per heavy atom. The normalized spacial score (nSPS) is 16.6. The number of rotatable bonds is 3. The van der Waals surface area contributed by atoms with E-state index in [1.807, 2.05) is 36.5 Å². The van der Waals surface area contributed by atoms with E-state index in [9.17, 15) is 0 Å². The van der Waals surface area contributed by atoms with Gasteiger partial charge in [-0.2, -0.15) is 0 Å². The van der Waals surface area contributed by atoms with E-state index in [1.54, 1.807) is 18.6 Å². The third kappa shape index (κ3) is 2.90. The van der Waals surface area contributed by atoms with Gasteiger partial charge in [0.1, 0.15) is 5.82 Å². The second-order valence-electron chi connectivity index (χ2n) is 5.64. The quantitative estimate of drug-likeness (QED) is 0.803. The molecule has 0 bridgehead atoms. The molecular formula is C18H17N5. The number of aromatic nitrogens is 4. The van der Waals surface area contributed by atoms with Crippen molar-refractivity contribution in [2.75, 3.05) is 5.32 Å². The van der Waals surface area contributed by atoms with Crippen LogP contribution in [-0.2, 0) is 6.42 Å². The lowest BCUT2D eigenvalue weighted by molar-refractivity contribution is 0.583. The first-order chi connectivity index (χ1) is 11.4. The molecule has 114 valence electrons. The van der Waals surface area contributed by atoms with E-state index in [2.05, 4.69) is 20.3 Å². The fraction of sp³-hybridized carbons (Fsp3) is 0.222. The number of aryl methyl sites for hydroxylation is 1. The van der Waals surface area contributed by atoms with Gasteiger partial charge >= 0.3 is 0 Å². The first-order valence-corrected chi connectivity index (χ1v) is 7.84. The van der Waals surface area contributed by atoms with Crippen molar-refractivity contribution in [3.05, 3.63) is 66.4 Å². The maximum atomic E-state index is 4.79. The molecule has 1 aliphatic rings. The molecule has 3 aromatic rings. The van der Waals surface area contributed by atoms with Crippen molar-refractivity contribution in [3.63, 3.8) is 0 Å². The fourth-order valence-electron chi connectivity index (χ4n) is 2.98. The molecule has 1 aromatic carbocycles. The van der Waals surface area contributed by atoms with Crippen LogP contribution >= 0.6 is 0 Å². The highest BCUT2D eigenvalue weighted by Crippen LogP contribution is 2.31. The highest BCUT2D eigenvalue weighted by molar-refractivity contribution is 5.55. The Hall–Kier alpha value is -2.82. The predicted molar refractivity (Wildman–Crippen MR) is 88.8 cm³/mol. The summed E-state index contributed by atoms with van der Waals surface area (Å²) >= 11 is 0. The summed E-state index contributed by atoms with van der Waals surface area (Å²) < 4.78 is 0. The van der Waals surface area contributed by atoms with Crippen molar-refractivity contribution in [2.24, 2.45) is 0 Å². The summed E-state index contributed by atoms with van der Waals surface area (Å²) in [5.74, 6) is 1.59. The van der Waals surface area contributed by atoms with E-state index in [-0.39, 0.29) is 6.04 Å². The molecule has 23 heavy (non-hydrogen) atoms. The van der Waals surface area contributed by atoms with Crippen LogP contribution in [0.2, 0.25) is 0 Å². The molecule has 2 heterocycles. The van der Waals surface area contributed by atoms with E-state index >= 15 is 0 Å². The molecule has 0 spiro atoms. The van der Waals surface area contributed by atoms with Crippen LogP contribution in [0.15, 0.2) is 55.1 Å². The van der Waals surface area contributed by atoms with E-state index in [0.717, 1.165) is 42.2 Å². The molecule has 0 fully saturated rings. The van der Waals surface area contributed by atoms with E-state index in [0.29, 0.717) is 0 Å². The van der Waals surface area contributed by atoms with Gasteiger partial charge in [-0.1, -0.05) is 30.3 Å². The SMILES string of the molecule is c1ccc(-c2ncc3c(n2)CCCC3Nc2cnccn2)cc1. The molecule has 0 aliphatic heterocycles. The zero-order chi connectivity index (χ0) is 15.5. The zero-order valence-corrected chi connectivity index (χ0v) is 12.7. The minimum atomic E-state index is 0.195. The summed E-state index contributed by atoms with van der Waals surface area (Å²) in [5.41, 5.74) is 3.35. The Balaban J connectivity index is 1.64. The fourth-order valence-corrected chi connectivity index (χ4v) is 2.98. The van der Waals surface area contributed by atoms with Crippen LogP contribution in [0.25, 0.3) is 11.4 Å². The van der Waals surface area contributed by atoms with Crippen LogP contribution in [0.1, 0.15) is 30.1 Å². The minimum Gasteiger partial charge on any atom is -0.362 e. The third-order valence-electron chi connectivity index (χ3n) is 4.10. The lowest BCUT2D eigenvalue weighted by atomic mass is 9.92. The summed E-state index contributed by atoms with van der Waals surface area (Å²) in [6.07, 6.45) is 10.2. The topological polar surface area (TPSA) is 63.6 Å². The smallest absolute Gasteiger partial charge is 0.159 e. The largest absolute Gasteiger partial charge is 0.362 e. The van der Waals surface area contributed by atoms with Gasteiger partial charge in [0.05, 0.1) is 12.2 Å². The zero-order valence-electron chi connectivity index (χ0n) is 12.7. The lowest BCUT2D eigenvalue weighted by Crippen LogP contribution is -2.19. The van der Waals surface area contributed by atoms with Crippen LogP contribution < -0.4 is 5.32 Å². The maximum absolute atomic E-state index is 4.79. The number of anilines is 1. The summed E-state index contributed by atoms with van der Waals surface area (Å²) in [4.78, 5) is 17.8. The summed E-state index contributed by atoms with van der Waals surface area (Å²) in [6.45, 7) is 0. The van der Waals surface area contributed by atoms with Gasteiger partial charge in [-0.3, -0.25) is 4.98 Å². The van der Waals surface area contributed by atoms with Crippen LogP contribution in [0, 0.1) is 0 Å². The molecule has 1 N–H and O–H groups in total. The number of nitrogens with zero attached hydrogens (tertiary/aromatic N) is 4. The number of hydrogen-bond acceptors (Lipinski definition) is 5. The van der Waals surface area contributed by atoms with Crippen molar-refractivity contribution in [1.29, 1.82) is 0 Å². The summed E-state index contributed by atoms with van der Waals surface area (Å²) in [7, 11) is 0. The highest BCUT2D eigenvalue weighted by Gasteiger charge is 2.22. The Labute approximate surface area is 134 Å². The van der Waals surface area contributed by atoms with Crippen molar-refractivity contribution in [2.45, 2.75) is 25.3 Å². The average molecular weight is 303 g/mol. The van der Waals surface area contributed by atoms with Gasteiger partial charge in [-0.05, 0) is 19.3 Å². The van der Waals surface area contributed by atoms with Crippen LogP contribution in [0.5, 0.6) is 0 Å². The minimum absolute atomic E-state index is 0.195. The molecule has 1 unspecified atom stereocenters. The Kier molecular flexibility index (Phi) is 3.68. The van der Waals surface area contributed by atoms with Crippen molar-refractivity contribution < 1.29 is 0 Å². The van der Waals surface area contributed by atoms with Crippen molar-refractivity contribution in [3.8, 4) is 11.4 Å². The number of benzene rings is 1. The second-order valence-corrected chi connectivity index (χ2v) is 5.64. The molecule has 0 amide bonds. The molecule has 1 atom stereocenters. The van der Waals surface area contributed by atoms with Gasteiger partial charge < -0.3 is 5.32 Å². The van der Waals surface area contributed by atoms with Gasteiger partial charge in [0, 0.05) is 35.4 Å². The van der Waals surface area contributed by atoms with Gasteiger partial charge in [0.2, 0.25) is 0 Å². The van der Waals surface area contributed by atoms with E-state index in [4.69, 9.17) is 4.98 Å². The van der Waals surface area contributed by atoms with Gasteiger partial charge in [0.15, 0.2) is 5.82 Å². The first-order valence-electron chi connectivity index (χ1n) is 7.84. The molecular weight excluding hydrogens is 286 g/mol. The van der Waals surface area contributed by atoms with Gasteiger partial charge in [-0.25, -0.2) is 15.0 Å². The van der Waals surface area contributed by atoms with Crippen LogP contribution in [0.3, 0.4) is 0 Å². The van der Waals surface area contributed by atoms with Crippen LogP contribution in [-0.4, -0.2) is 19.9 Å². The molecule has 0 saturated heterocycles. The average Bonchev–Trinajstić information content (AvgIpc) is 2.63. The third-order valence-corrected chi connectivity index (χ3v) is 4.10. The Morgan fingerprint density at radius 2 is 1.91 bits per heavy atom. The summed E-state index contributed by atoms with van der Waals surface area (Å²) in [5, 5.41) is 3.44. The molecule has 4 rings (SSSR count). The van der Waals surface area contributed by atoms with Gasteiger partial charge in [0.25, 0.3) is 0 Å². The maximum Gasteiger partial charge on any atom is 0.159 e. The molecule has 0 saturated carbocycles. The Morgan fingerprint density at radius 1 is 1.00 bits per heavy atom. The first kappa shape index (κ1) is 13.8. The van der Waals surface area contributed by atoms with E-state index in [1.165, 1.54) is 5.56 Å².